The minimum atomic E-state index is -0.397. The number of halogens is 1. The Hall–Kier alpha value is -1.92. The fourth-order valence-corrected chi connectivity index (χ4v) is 2.33. The third-order valence-corrected chi connectivity index (χ3v) is 3.44. The van der Waals surface area contributed by atoms with Gasteiger partial charge in [-0.25, -0.2) is 0 Å². The van der Waals surface area contributed by atoms with Gasteiger partial charge in [-0.3, -0.25) is 4.79 Å². The highest BCUT2D eigenvalue weighted by atomic mass is 35.5. The number of hydrogen-bond acceptors (Lipinski definition) is 5. The monoisotopic (exact) mass is 307 g/mol. The van der Waals surface area contributed by atoms with E-state index in [4.69, 9.17) is 20.8 Å². The van der Waals surface area contributed by atoms with Crippen molar-refractivity contribution < 1.29 is 13.9 Å². The number of benzene rings is 1. The van der Waals surface area contributed by atoms with Crippen molar-refractivity contribution in [3.8, 4) is 11.5 Å². The predicted molar refractivity (Wildman–Crippen MR) is 76.1 cm³/mol. The molecule has 0 spiro atoms. The van der Waals surface area contributed by atoms with Gasteiger partial charge >= 0.3 is 11.8 Å². The molecule has 2 heterocycles. The molecule has 1 N–H and O–H groups in total. The topological polar surface area (TPSA) is 77.2 Å². The number of amides is 1. The van der Waals surface area contributed by atoms with Crippen molar-refractivity contribution >= 4 is 17.5 Å². The highest BCUT2D eigenvalue weighted by Gasteiger charge is 2.20. The SMILES string of the molecule is O=C(NCC1CCCO1)c1nnc(-c2cccc(Cl)c2)o1. The van der Waals surface area contributed by atoms with Gasteiger partial charge in [0.25, 0.3) is 0 Å². The largest absolute Gasteiger partial charge is 0.412 e. The van der Waals surface area contributed by atoms with Crippen molar-refractivity contribution in [2.75, 3.05) is 13.2 Å². The summed E-state index contributed by atoms with van der Waals surface area (Å²) in [7, 11) is 0. The van der Waals surface area contributed by atoms with Crippen molar-refractivity contribution in [3.05, 3.63) is 35.2 Å². The molecule has 6 nitrogen and oxygen atoms in total. The Morgan fingerprint density at radius 3 is 3.10 bits per heavy atom. The highest BCUT2D eigenvalue weighted by Crippen LogP contribution is 2.21. The molecule has 1 aliphatic heterocycles. The highest BCUT2D eigenvalue weighted by molar-refractivity contribution is 6.30. The van der Waals surface area contributed by atoms with E-state index in [2.05, 4.69) is 15.5 Å². The van der Waals surface area contributed by atoms with E-state index in [1.54, 1.807) is 24.3 Å². The molecular weight excluding hydrogens is 294 g/mol. The molecular formula is C14H14ClN3O3. The Labute approximate surface area is 126 Å². The minimum Gasteiger partial charge on any atom is -0.412 e. The fourth-order valence-electron chi connectivity index (χ4n) is 2.14. The van der Waals surface area contributed by atoms with E-state index in [0.717, 1.165) is 19.4 Å². The van der Waals surface area contributed by atoms with E-state index in [-0.39, 0.29) is 17.9 Å². The quantitative estimate of drug-likeness (QED) is 0.938. The zero-order valence-electron chi connectivity index (χ0n) is 11.2. The summed E-state index contributed by atoms with van der Waals surface area (Å²) in [6, 6.07) is 7.01. The van der Waals surface area contributed by atoms with Crippen LogP contribution in [0.1, 0.15) is 23.5 Å². The van der Waals surface area contributed by atoms with Gasteiger partial charge in [-0.1, -0.05) is 17.7 Å². The van der Waals surface area contributed by atoms with Crippen LogP contribution in [-0.2, 0) is 4.74 Å². The van der Waals surface area contributed by atoms with Gasteiger partial charge in [0, 0.05) is 23.7 Å². The minimum absolute atomic E-state index is 0.0667. The number of ether oxygens (including phenoxy) is 1. The molecule has 1 saturated heterocycles. The molecule has 0 radical (unpaired) electrons. The van der Waals surface area contributed by atoms with Crippen LogP contribution in [0.3, 0.4) is 0 Å². The van der Waals surface area contributed by atoms with Crippen LogP contribution < -0.4 is 5.32 Å². The fraction of sp³-hybridized carbons (Fsp3) is 0.357. The van der Waals surface area contributed by atoms with Gasteiger partial charge < -0.3 is 14.5 Å². The smallest absolute Gasteiger partial charge is 0.308 e. The molecule has 1 fully saturated rings. The average molecular weight is 308 g/mol. The molecule has 3 rings (SSSR count). The zero-order valence-corrected chi connectivity index (χ0v) is 12.0. The summed E-state index contributed by atoms with van der Waals surface area (Å²) < 4.78 is 10.8. The van der Waals surface area contributed by atoms with Crippen LogP contribution in [0.5, 0.6) is 0 Å². The lowest BCUT2D eigenvalue weighted by atomic mass is 10.2. The van der Waals surface area contributed by atoms with Crippen LogP contribution in [0.4, 0.5) is 0 Å². The summed E-state index contributed by atoms with van der Waals surface area (Å²) in [5, 5.41) is 10.9. The van der Waals surface area contributed by atoms with Crippen LogP contribution >= 0.6 is 11.6 Å². The zero-order chi connectivity index (χ0) is 14.7. The lowest BCUT2D eigenvalue weighted by Crippen LogP contribution is -2.31. The Morgan fingerprint density at radius 1 is 1.43 bits per heavy atom. The Kier molecular flexibility index (Phi) is 4.17. The second kappa shape index (κ2) is 6.24. The Morgan fingerprint density at radius 2 is 2.33 bits per heavy atom. The first-order valence-corrected chi connectivity index (χ1v) is 7.09. The van der Waals surface area contributed by atoms with Crippen molar-refractivity contribution in [1.82, 2.24) is 15.5 Å². The molecule has 2 aromatic rings. The van der Waals surface area contributed by atoms with Crippen LogP contribution in [0.2, 0.25) is 5.02 Å². The van der Waals surface area contributed by atoms with Crippen molar-refractivity contribution in [2.45, 2.75) is 18.9 Å². The van der Waals surface area contributed by atoms with Crippen LogP contribution in [0.15, 0.2) is 28.7 Å². The first kappa shape index (κ1) is 14.0. The first-order valence-electron chi connectivity index (χ1n) is 6.71. The maximum absolute atomic E-state index is 11.9. The van der Waals surface area contributed by atoms with Crippen LogP contribution in [-0.4, -0.2) is 35.4 Å². The summed E-state index contributed by atoms with van der Waals surface area (Å²) >= 11 is 5.90. The molecule has 0 aliphatic carbocycles. The number of carbonyl (C=O) groups excluding carboxylic acids is 1. The number of rotatable bonds is 4. The summed E-state index contributed by atoms with van der Waals surface area (Å²) in [4.78, 5) is 11.9. The average Bonchev–Trinajstić information content (AvgIpc) is 3.16. The van der Waals surface area contributed by atoms with E-state index in [0.29, 0.717) is 17.1 Å². The van der Waals surface area contributed by atoms with E-state index in [9.17, 15) is 4.79 Å². The molecule has 1 aromatic heterocycles. The number of nitrogens with one attached hydrogen (secondary N) is 1. The van der Waals surface area contributed by atoms with Gasteiger partial charge in [0.1, 0.15) is 0 Å². The van der Waals surface area contributed by atoms with Crippen molar-refractivity contribution in [1.29, 1.82) is 0 Å². The Balaban J connectivity index is 1.65. The molecule has 0 saturated carbocycles. The van der Waals surface area contributed by atoms with Gasteiger partial charge in [-0.05, 0) is 31.0 Å². The third-order valence-electron chi connectivity index (χ3n) is 3.21. The number of nitrogens with zero attached hydrogens (tertiary/aromatic N) is 2. The summed E-state index contributed by atoms with van der Waals surface area (Å²) in [6.45, 7) is 1.20. The number of carbonyl (C=O) groups is 1. The van der Waals surface area contributed by atoms with E-state index < -0.39 is 5.91 Å². The molecule has 21 heavy (non-hydrogen) atoms. The van der Waals surface area contributed by atoms with Gasteiger partial charge in [0.15, 0.2) is 0 Å². The molecule has 7 heteroatoms. The standard InChI is InChI=1S/C14H14ClN3O3/c15-10-4-1-3-9(7-10)13-17-18-14(21-13)12(19)16-8-11-5-2-6-20-11/h1,3-4,7,11H,2,5-6,8H2,(H,16,19). The molecule has 1 aromatic carbocycles. The maximum Gasteiger partial charge on any atom is 0.308 e. The van der Waals surface area contributed by atoms with E-state index in [1.165, 1.54) is 0 Å². The molecule has 1 atom stereocenters. The summed E-state index contributed by atoms with van der Waals surface area (Å²) in [5.41, 5.74) is 0.674. The van der Waals surface area contributed by atoms with Crippen LogP contribution in [0, 0.1) is 0 Å². The summed E-state index contributed by atoms with van der Waals surface area (Å²) in [5.74, 6) is -0.200. The van der Waals surface area contributed by atoms with Crippen molar-refractivity contribution in [2.24, 2.45) is 0 Å². The molecule has 1 aliphatic rings. The lowest BCUT2D eigenvalue weighted by Gasteiger charge is -2.08. The maximum atomic E-state index is 11.9. The van der Waals surface area contributed by atoms with Crippen molar-refractivity contribution in [3.63, 3.8) is 0 Å². The summed E-state index contributed by atoms with van der Waals surface area (Å²) in [6.07, 6.45) is 2.06. The van der Waals surface area contributed by atoms with E-state index in [1.807, 2.05) is 0 Å². The van der Waals surface area contributed by atoms with E-state index >= 15 is 0 Å². The van der Waals surface area contributed by atoms with Gasteiger partial charge in [0.2, 0.25) is 5.89 Å². The normalized spacial score (nSPS) is 17.9. The number of hydrogen-bond donors (Lipinski definition) is 1. The van der Waals surface area contributed by atoms with Crippen LogP contribution in [0.25, 0.3) is 11.5 Å². The second-order valence-electron chi connectivity index (χ2n) is 4.77. The molecule has 1 amide bonds. The molecule has 110 valence electrons. The number of aromatic nitrogens is 2. The van der Waals surface area contributed by atoms with Gasteiger partial charge in [0.05, 0.1) is 6.10 Å². The lowest BCUT2D eigenvalue weighted by molar-refractivity contribution is 0.0830. The molecule has 0 bridgehead atoms. The predicted octanol–water partition coefficient (Wildman–Crippen LogP) is 2.30. The third kappa shape index (κ3) is 3.40. The van der Waals surface area contributed by atoms with Gasteiger partial charge in [-0.2, -0.15) is 0 Å². The Bertz CT molecular complexity index is 638. The van der Waals surface area contributed by atoms with Gasteiger partial charge in [-0.15, -0.1) is 10.2 Å². The molecule has 1 unspecified atom stereocenters. The second-order valence-corrected chi connectivity index (χ2v) is 5.20. The first-order chi connectivity index (χ1) is 10.2.